The maximum Gasteiger partial charge on any atom is 0.138 e. The van der Waals surface area contributed by atoms with Crippen LogP contribution in [0.2, 0.25) is 0 Å². The number of nitrogens with one attached hydrogen (secondary N) is 1. The summed E-state index contributed by atoms with van der Waals surface area (Å²) in [6.45, 7) is 6.14. The van der Waals surface area contributed by atoms with E-state index >= 15 is 0 Å². The molecule has 0 radical (unpaired) electrons. The average Bonchev–Trinajstić information content (AvgIpc) is 2.58. The summed E-state index contributed by atoms with van der Waals surface area (Å²) in [5.74, 6) is 2.40. The van der Waals surface area contributed by atoms with Crippen molar-refractivity contribution < 1.29 is 0 Å². The van der Waals surface area contributed by atoms with Crippen LogP contribution >= 0.6 is 0 Å². The molecule has 0 saturated heterocycles. The van der Waals surface area contributed by atoms with Gasteiger partial charge >= 0.3 is 0 Å². The lowest BCUT2D eigenvalue weighted by molar-refractivity contribution is 1.02. The van der Waals surface area contributed by atoms with Gasteiger partial charge in [0.2, 0.25) is 0 Å². The average molecular weight is 318 g/mol. The van der Waals surface area contributed by atoms with Crippen molar-refractivity contribution in [3.63, 3.8) is 0 Å². The maximum absolute atomic E-state index is 4.57. The summed E-state index contributed by atoms with van der Waals surface area (Å²) in [4.78, 5) is 11.2. The lowest BCUT2D eigenvalue weighted by Gasteiger charge is -2.20. The number of hydrogen-bond donors (Lipinski definition) is 1. The molecule has 4 nitrogen and oxygen atoms in total. The van der Waals surface area contributed by atoms with Crippen LogP contribution in [0, 0.1) is 20.8 Å². The SMILES string of the molecule is Cc1nc(Nc2cccc(C)c2C)cc(N(C)c2ccccc2)n1. The second-order valence-electron chi connectivity index (χ2n) is 5.93. The van der Waals surface area contributed by atoms with Gasteiger partial charge in [-0.1, -0.05) is 30.3 Å². The number of hydrogen-bond acceptors (Lipinski definition) is 4. The maximum atomic E-state index is 4.57. The summed E-state index contributed by atoms with van der Waals surface area (Å²) >= 11 is 0. The summed E-state index contributed by atoms with van der Waals surface area (Å²) in [6.07, 6.45) is 0. The Labute approximate surface area is 143 Å². The van der Waals surface area contributed by atoms with Crippen molar-refractivity contribution in [1.82, 2.24) is 9.97 Å². The molecule has 3 rings (SSSR count). The minimum absolute atomic E-state index is 0.739. The fourth-order valence-electron chi connectivity index (χ4n) is 2.60. The first-order chi connectivity index (χ1) is 11.5. The van der Waals surface area contributed by atoms with E-state index in [4.69, 9.17) is 0 Å². The van der Waals surface area contributed by atoms with Crippen molar-refractivity contribution in [3.8, 4) is 0 Å². The third kappa shape index (κ3) is 3.38. The highest BCUT2D eigenvalue weighted by Gasteiger charge is 2.09. The highest BCUT2D eigenvalue weighted by Crippen LogP contribution is 2.26. The third-order valence-electron chi connectivity index (χ3n) is 4.18. The molecule has 0 spiro atoms. The van der Waals surface area contributed by atoms with Crippen molar-refractivity contribution in [2.75, 3.05) is 17.3 Å². The molecule has 0 aliphatic rings. The third-order valence-corrected chi connectivity index (χ3v) is 4.18. The summed E-state index contributed by atoms with van der Waals surface area (Å²) in [7, 11) is 2.01. The zero-order valence-electron chi connectivity index (χ0n) is 14.5. The molecule has 1 heterocycles. The molecule has 24 heavy (non-hydrogen) atoms. The van der Waals surface area contributed by atoms with Crippen LogP contribution < -0.4 is 10.2 Å². The van der Waals surface area contributed by atoms with E-state index in [9.17, 15) is 0 Å². The quantitative estimate of drug-likeness (QED) is 0.742. The first kappa shape index (κ1) is 16.0. The second-order valence-corrected chi connectivity index (χ2v) is 5.93. The number of para-hydroxylation sites is 1. The van der Waals surface area contributed by atoms with E-state index in [0.29, 0.717) is 0 Å². The fraction of sp³-hybridized carbons (Fsp3) is 0.200. The first-order valence-electron chi connectivity index (χ1n) is 8.02. The summed E-state index contributed by atoms with van der Waals surface area (Å²) in [5.41, 5.74) is 4.65. The molecule has 4 heteroatoms. The van der Waals surface area contributed by atoms with Crippen LogP contribution in [0.5, 0.6) is 0 Å². The van der Waals surface area contributed by atoms with Crippen molar-refractivity contribution >= 4 is 23.0 Å². The van der Waals surface area contributed by atoms with Crippen molar-refractivity contribution in [2.24, 2.45) is 0 Å². The van der Waals surface area contributed by atoms with Crippen LogP contribution in [0.3, 0.4) is 0 Å². The van der Waals surface area contributed by atoms with Crippen LogP contribution in [-0.2, 0) is 0 Å². The van der Waals surface area contributed by atoms with Gasteiger partial charge in [-0.3, -0.25) is 0 Å². The highest BCUT2D eigenvalue weighted by molar-refractivity contribution is 5.66. The lowest BCUT2D eigenvalue weighted by atomic mass is 10.1. The number of anilines is 4. The van der Waals surface area contributed by atoms with E-state index in [0.717, 1.165) is 28.8 Å². The number of aryl methyl sites for hydroxylation is 2. The van der Waals surface area contributed by atoms with Gasteiger partial charge < -0.3 is 10.2 Å². The Morgan fingerprint density at radius 3 is 2.38 bits per heavy atom. The van der Waals surface area contributed by atoms with Crippen LogP contribution in [-0.4, -0.2) is 17.0 Å². The normalized spacial score (nSPS) is 10.5. The van der Waals surface area contributed by atoms with Gasteiger partial charge in [0.15, 0.2) is 0 Å². The van der Waals surface area contributed by atoms with Crippen LogP contribution in [0.1, 0.15) is 17.0 Å². The molecule has 0 aliphatic heterocycles. The Morgan fingerprint density at radius 1 is 0.875 bits per heavy atom. The molecular weight excluding hydrogens is 296 g/mol. The summed E-state index contributed by atoms with van der Waals surface area (Å²) in [6, 6.07) is 18.4. The van der Waals surface area contributed by atoms with Gasteiger partial charge in [0.1, 0.15) is 17.5 Å². The van der Waals surface area contributed by atoms with Gasteiger partial charge in [0, 0.05) is 24.5 Å². The largest absolute Gasteiger partial charge is 0.340 e. The van der Waals surface area contributed by atoms with Crippen LogP contribution in [0.25, 0.3) is 0 Å². The molecule has 3 aromatic rings. The van der Waals surface area contributed by atoms with E-state index in [2.05, 4.69) is 64.4 Å². The predicted molar refractivity (Wildman–Crippen MR) is 100 cm³/mol. The minimum Gasteiger partial charge on any atom is -0.340 e. The molecular formula is C20H22N4. The van der Waals surface area contributed by atoms with E-state index in [1.54, 1.807) is 0 Å². The fourth-order valence-corrected chi connectivity index (χ4v) is 2.60. The number of rotatable bonds is 4. The molecule has 0 unspecified atom stereocenters. The first-order valence-corrected chi connectivity index (χ1v) is 8.02. The molecule has 122 valence electrons. The molecule has 1 aromatic heterocycles. The summed E-state index contributed by atoms with van der Waals surface area (Å²) < 4.78 is 0. The minimum atomic E-state index is 0.739. The van der Waals surface area contributed by atoms with Gasteiger partial charge in [-0.05, 0) is 50.1 Å². The molecule has 1 N–H and O–H groups in total. The molecule has 0 aliphatic carbocycles. The van der Waals surface area contributed by atoms with Crippen LogP contribution in [0.15, 0.2) is 54.6 Å². The Hall–Kier alpha value is -2.88. The molecule has 2 aromatic carbocycles. The predicted octanol–water partition coefficient (Wildman–Crippen LogP) is 4.91. The van der Waals surface area contributed by atoms with E-state index < -0.39 is 0 Å². The smallest absolute Gasteiger partial charge is 0.138 e. The van der Waals surface area contributed by atoms with Crippen LogP contribution in [0.4, 0.5) is 23.0 Å². The van der Waals surface area contributed by atoms with Crippen molar-refractivity contribution in [3.05, 3.63) is 71.5 Å². The summed E-state index contributed by atoms with van der Waals surface area (Å²) in [5, 5.41) is 3.42. The zero-order valence-corrected chi connectivity index (χ0v) is 14.5. The van der Waals surface area contributed by atoms with Gasteiger partial charge in [0.25, 0.3) is 0 Å². The van der Waals surface area contributed by atoms with E-state index in [1.807, 2.05) is 38.2 Å². The molecule has 0 bridgehead atoms. The standard InChI is InChI=1S/C20H22N4/c1-14-9-8-12-18(15(14)2)23-19-13-20(22-16(3)21-19)24(4)17-10-6-5-7-11-17/h5-13H,1-4H3,(H,21,22,23). The number of aromatic nitrogens is 2. The van der Waals surface area contributed by atoms with Gasteiger partial charge in [-0.25, -0.2) is 9.97 Å². The Bertz CT molecular complexity index is 844. The van der Waals surface area contributed by atoms with Crippen molar-refractivity contribution in [2.45, 2.75) is 20.8 Å². The highest BCUT2D eigenvalue weighted by atomic mass is 15.2. The lowest BCUT2D eigenvalue weighted by Crippen LogP contribution is -2.13. The number of nitrogens with zero attached hydrogens (tertiary/aromatic N) is 3. The second kappa shape index (κ2) is 6.71. The monoisotopic (exact) mass is 318 g/mol. The van der Waals surface area contributed by atoms with Gasteiger partial charge in [-0.15, -0.1) is 0 Å². The van der Waals surface area contributed by atoms with Crippen molar-refractivity contribution in [1.29, 1.82) is 0 Å². The van der Waals surface area contributed by atoms with E-state index in [1.165, 1.54) is 11.1 Å². The Morgan fingerprint density at radius 2 is 1.62 bits per heavy atom. The molecule has 0 atom stereocenters. The topological polar surface area (TPSA) is 41.1 Å². The van der Waals surface area contributed by atoms with Gasteiger partial charge in [0.05, 0.1) is 0 Å². The van der Waals surface area contributed by atoms with E-state index in [-0.39, 0.29) is 0 Å². The molecule has 0 fully saturated rings. The molecule has 0 amide bonds. The number of benzene rings is 2. The Balaban J connectivity index is 1.93. The zero-order chi connectivity index (χ0) is 17.1. The van der Waals surface area contributed by atoms with Gasteiger partial charge in [-0.2, -0.15) is 0 Å². The molecule has 0 saturated carbocycles. The Kier molecular flexibility index (Phi) is 4.47.